The summed E-state index contributed by atoms with van der Waals surface area (Å²) in [6, 6.07) is 44.0. The van der Waals surface area contributed by atoms with Crippen molar-refractivity contribution in [2.45, 2.75) is 38.3 Å². The van der Waals surface area contributed by atoms with Crippen LogP contribution >= 0.6 is 11.8 Å². The number of benzene rings is 5. The molecule has 5 aromatic carbocycles. The van der Waals surface area contributed by atoms with Crippen molar-refractivity contribution < 1.29 is 4.79 Å². The molecule has 1 nitrogen and oxygen atoms in total. The van der Waals surface area contributed by atoms with Crippen molar-refractivity contribution in [3.05, 3.63) is 150 Å². The number of hydrogen-bond acceptors (Lipinski definition) is 2. The van der Waals surface area contributed by atoms with Crippen molar-refractivity contribution in [3.8, 4) is 0 Å². The lowest BCUT2D eigenvalue weighted by Gasteiger charge is -2.10. The first-order valence-electron chi connectivity index (χ1n) is 11.9. The van der Waals surface area contributed by atoms with Crippen LogP contribution < -0.4 is 0 Å². The molecule has 0 N–H and O–H groups in total. The minimum Gasteiger partial charge on any atom is -0.289 e. The minimum absolute atomic E-state index is 0.0516. The van der Waals surface area contributed by atoms with E-state index in [9.17, 15) is 4.79 Å². The summed E-state index contributed by atoms with van der Waals surface area (Å²) >= 11 is 1.71. The zero-order chi connectivity index (χ0) is 24.9. The average molecular weight is 504 g/mol. The van der Waals surface area contributed by atoms with E-state index in [1.807, 2.05) is 54.6 Å². The largest absolute Gasteiger partial charge is 0.289 e. The fourth-order valence-electron chi connectivity index (χ4n) is 3.97. The topological polar surface area (TPSA) is 17.1 Å². The van der Waals surface area contributed by atoms with E-state index in [0.717, 1.165) is 4.90 Å². The second-order valence-corrected chi connectivity index (χ2v) is 11.9. The van der Waals surface area contributed by atoms with Gasteiger partial charge in [0.1, 0.15) is 0 Å². The third-order valence-corrected chi connectivity index (χ3v) is 9.21. The van der Waals surface area contributed by atoms with Crippen molar-refractivity contribution in [3.63, 3.8) is 0 Å². The summed E-state index contributed by atoms with van der Waals surface area (Å²) in [6.07, 6.45) is 0. The Morgan fingerprint density at radius 3 is 1.36 bits per heavy atom. The predicted octanol–water partition coefficient (Wildman–Crippen LogP) is 8.78. The second kappa shape index (κ2) is 11.0. The summed E-state index contributed by atoms with van der Waals surface area (Å²) in [5, 5.41) is 0. The highest BCUT2D eigenvalue weighted by molar-refractivity contribution is 7.99. The molecule has 0 spiro atoms. The van der Waals surface area contributed by atoms with Crippen LogP contribution in [0.1, 0.15) is 27.0 Å². The number of carbonyl (C=O) groups is 1. The van der Waals surface area contributed by atoms with Gasteiger partial charge in [-0.05, 0) is 86.6 Å². The maximum Gasteiger partial charge on any atom is 0.193 e. The zero-order valence-corrected chi connectivity index (χ0v) is 22.0. The quantitative estimate of drug-likeness (QED) is 0.163. The number of aryl methyl sites for hydroxylation is 2. The van der Waals surface area contributed by atoms with Gasteiger partial charge in [-0.1, -0.05) is 77.5 Å². The first kappa shape index (κ1) is 24.2. The standard InChI is InChI=1S/C33H27OS2/c1-24-8-18-30(19-9-24)36(31-20-10-25(2)11-21-31)32-22-16-29(17-23-32)35-28-14-12-27(13-15-28)33(34)26-6-4-3-5-7-26/h3-23H,1-2H3/q+1. The Morgan fingerprint density at radius 2 is 0.889 bits per heavy atom. The summed E-state index contributed by atoms with van der Waals surface area (Å²) in [7, 11) is -0.159. The molecule has 0 bridgehead atoms. The van der Waals surface area contributed by atoms with E-state index in [4.69, 9.17) is 0 Å². The van der Waals surface area contributed by atoms with Crippen LogP contribution in [0.5, 0.6) is 0 Å². The third-order valence-electron chi connectivity index (χ3n) is 5.96. The van der Waals surface area contributed by atoms with Crippen molar-refractivity contribution in [1.29, 1.82) is 0 Å². The summed E-state index contributed by atoms with van der Waals surface area (Å²) in [5.74, 6) is 0.0516. The Hall–Kier alpha value is -3.53. The van der Waals surface area contributed by atoms with Gasteiger partial charge in [0.15, 0.2) is 20.5 Å². The van der Waals surface area contributed by atoms with E-state index in [1.165, 1.54) is 30.7 Å². The Kier molecular flexibility index (Phi) is 7.41. The number of ketones is 1. The number of rotatable bonds is 7. The molecule has 0 aromatic heterocycles. The molecular formula is C33H27OS2+. The third kappa shape index (κ3) is 5.64. The lowest BCUT2D eigenvalue weighted by atomic mass is 10.0. The van der Waals surface area contributed by atoms with Gasteiger partial charge in [-0.3, -0.25) is 4.79 Å². The summed E-state index contributed by atoms with van der Waals surface area (Å²) in [6.45, 7) is 4.26. The molecule has 0 amide bonds. The van der Waals surface area contributed by atoms with Gasteiger partial charge >= 0.3 is 0 Å². The highest BCUT2D eigenvalue weighted by Gasteiger charge is 2.28. The molecule has 176 valence electrons. The average Bonchev–Trinajstić information content (AvgIpc) is 2.92. The van der Waals surface area contributed by atoms with Crippen LogP contribution in [0.15, 0.2) is 152 Å². The summed E-state index contributed by atoms with van der Waals surface area (Å²) < 4.78 is 0. The van der Waals surface area contributed by atoms with Gasteiger partial charge in [0.05, 0.1) is 10.9 Å². The van der Waals surface area contributed by atoms with Gasteiger partial charge in [0, 0.05) is 20.9 Å². The van der Waals surface area contributed by atoms with Crippen LogP contribution in [0.2, 0.25) is 0 Å². The molecule has 0 saturated carbocycles. The molecule has 5 aromatic rings. The SMILES string of the molecule is Cc1ccc([S+](c2ccc(C)cc2)c2ccc(Sc3ccc(C(=O)c4ccccc4)cc3)cc2)cc1. The van der Waals surface area contributed by atoms with Crippen LogP contribution in [0.3, 0.4) is 0 Å². The normalized spacial score (nSPS) is 11.0. The van der Waals surface area contributed by atoms with Crippen molar-refractivity contribution in [2.75, 3.05) is 0 Å². The smallest absolute Gasteiger partial charge is 0.193 e. The molecular weight excluding hydrogens is 476 g/mol. The second-order valence-electron chi connectivity index (χ2n) is 8.73. The predicted molar refractivity (Wildman–Crippen MR) is 151 cm³/mol. The Labute approximate surface area is 220 Å². The van der Waals surface area contributed by atoms with Gasteiger partial charge in [-0.25, -0.2) is 0 Å². The highest BCUT2D eigenvalue weighted by Crippen LogP contribution is 2.34. The minimum atomic E-state index is -0.159. The molecule has 0 radical (unpaired) electrons. The van der Waals surface area contributed by atoms with E-state index >= 15 is 0 Å². The van der Waals surface area contributed by atoms with Gasteiger partial charge in [-0.2, -0.15) is 0 Å². The summed E-state index contributed by atoms with van der Waals surface area (Å²) in [4.78, 5) is 18.9. The fourth-order valence-corrected chi connectivity index (χ4v) is 6.83. The molecule has 5 rings (SSSR count). The number of carbonyl (C=O) groups excluding carboxylic acids is 1. The van der Waals surface area contributed by atoms with Crippen LogP contribution in [0, 0.1) is 13.8 Å². The maximum atomic E-state index is 12.7. The Balaban J connectivity index is 1.36. The van der Waals surface area contributed by atoms with Gasteiger partial charge < -0.3 is 0 Å². The van der Waals surface area contributed by atoms with E-state index in [1.54, 1.807) is 11.8 Å². The molecule has 0 unspecified atom stereocenters. The van der Waals surface area contributed by atoms with E-state index in [-0.39, 0.29) is 16.7 Å². The summed E-state index contributed by atoms with van der Waals surface area (Å²) in [5.41, 5.74) is 3.97. The van der Waals surface area contributed by atoms with Crippen molar-refractivity contribution in [1.82, 2.24) is 0 Å². The molecule has 0 aliphatic rings. The first-order chi connectivity index (χ1) is 17.6. The molecule has 0 fully saturated rings. The first-order valence-corrected chi connectivity index (χ1v) is 14.0. The molecule has 36 heavy (non-hydrogen) atoms. The molecule has 3 heteroatoms. The highest BCUT2D eigenvalue weighted by atomic mass is 32.2. The van der Waals surface area contributed by atoms with Crippen LogP contribution in [0.4, 0.5) is 0 Å². The zero-order valence-electron chi connectivity index (χ0n) is 20.3. The monoisotopic (exact) mass is 503 g/mol. The maximum absolute atomic E-state index is 12.7. The van der Waals surface area contributed by atoms with Gasteiger partial charge in [0.2, 0.25) is 0 Å². The Bertz CT molecular complexity index is 1390. The number of hydrogen-bond donors (Lipinski definition) is 0. The molecule has 0 heterocycles. The van der Waals surface area contributed by atoms with Crippen molar-refractivity contribution in [2.24, 2.45) is 0 Å². The van der Waals surface area contributed by atoms with Crippen LogP contribution in [0.25, 0.3) is 0 Å². The van der Waals surface area contributed by atoms with Crippen LogP contribution in [-0.4, -0.2) is 5.78 Å². The lowest BCUT2D eigenvalue weighted by molar-refractivity contribution is 0.103. The van der Waals surface area contributed by atoms with E-state index in [2.05, 4.69) is 86.6 Å². The molecule has 0 aliphatic heterocycles. The van der Waals surface area contributed by atoms with Crippen molar-refractivity contribution >= 4 is 28.4 Å². The van der Waals surface area contributed by atoms with E-state index < -0.39 is 0 Å². The van der Waals surface area contributed by atoms with Crippen LogP contribution in [-0.2, 0) is 10.9 Å². The van der Waals surface area contributed by atoms with Gasteiger partial charge in [-0.15, -0.1) is 0 Å². The molecule has 0 aliphatic carbocycles. The molecule has 0 saturated heterocycles. The molecule has 0 atom stereocenters. The lowest BCUT2D eigenvalue weighted by Crippen LogP contribution is -2.04. The van der Waals surface area contributed by atoms with E-state index in [0.29, 0.717) is 11.1 Å². The Morgan fingerprint density at radius 1 is 0.500 bits per heavy atom. The van der Waals surface area contributed by atoms with Gasteiger partial charge in [0.25, 0.3) is 0 Å². The fraction of sp³-hybridized carbons (Fsp3) is 0.0606.